The van der Waals surface area contributed by atoms with Crippen molar-refractivity contribution in [1.82, 2.24) is 4.90 Å². The Hall–Kier alpha value is -1.07. The van der Waals surface area contributed by atoms with E-state index in [-0.39, 0.29) is 18.2 Å². The molecule has 1 fully saturated rings. The van der Waals surface area contributed by atoms with E-state index in [2.05, 4.69) is 0 Å². The zero-order valence-electron chi connectivity index (χ0n) is 9.17. The SMILES string of the molecule is CC(C)C(=O)C1CCCN1C(=O)C(F)(F)F. The highest BCUT2D eigenvalue weighted by molar-refractivity contribution is 5.92. The lowest BCUT2D eigenvalue weighted by atomic mass is 10.00. The number of amides is 1. The van der Waals surface area contributed by atoms with Gasteiger partial charge in [0.05, 0.1) is 6.04 Å². The summed E-state index contributed by atoms with van der Waals surface area (Å²) in [6.45, 7) is 3.26. The molecule has 92 valence electrons. The minimum atomic E-state index is -4.89. The molecule has 16 heavy (non-hydrogen) atoms. The van der Waals surface area contributed by atoms with Crippen molar-refractivity contribution in [3.8, 4) is 0 Å². The monoisotopic (exact) mass is 237 g/mol. The number of nitrogens with zero attached hydrogens (tertiary/aromatic N) is 1. The molecule has 0 saturated carbocycles. The van der Waals surface area contributed by atoms with Gasteiger partial charge in [0.25, 0.3) is 0 Å². The molecule has 1 atom stereocenters. The number of ketones is 1. The lowest BCUT2D eigenvalue weighted by Crippen LogP contribution is -2.47. The number of alkyl halides is 3. The van der Waals surface area contributed by atoms with E-state index < -0.39 is 18.1 Å². The van der Waals surface area contributed by atoms with Gasteiger partial charge in [-0.05, 0) is 12.8 Å². The molecule has 6 heteroatoms. The van der Waals surface area contributed by atoms with Crippen molar-refractivity contribution in [2.45, 2.75) is 38.9 Å². The van der Waals surface area contributed by atoms with Gasteiger partial charge in [0.1, 0.15) is 0 Å². The van der Waals surface area contributed by atoms with Crippen LogP contribution in [0.1, 0.15) is 26.7 Å². The molecule has 1 aliphatic rings. The van der Waals surface area contributed by atoms with Crippen LogP contribution in [0.5, 0.6) is 0 Å². The number of hydrogen-bond donors (Lipinski definition) is 0. The first-order valence-corrected chi connectivity index (χ1v) is 5.16. The molecule has 0 radical (unpaired) electrons. The average Bonchev–Trinajstić information content (AvgIpc) is 2.61. The molecule has 0 N–H and O–H groups in total. The van der Waals surface area contributed by atoms with E-state index in [1.165, 1.54) is 0 Å². The van der Waals surface area contributed by atoms with Gasteiger partial charge in [-0.15, -0.1) is 0 Å². The molecule has 1 amide bonds. The minimum Gasteiger partial charge on any atom is -0.325 e. The van der Waals surface area contributed by atoms with E-state index in [4.69, 9.17) is 0 Å². The number of rotatable bonds is 2. The Morgan fingerprint density at radius 1 is 1.31 bits per heavy atom. The molecule has 1 saturated heterocycles. The second kappa shape index (κ2) is 4.43. The van der Waals surface area contributed by atoms with Crippen LogP contribution in [0.4, 0.5) is 13.2 Å². The van der Waals surface area contributed by atoms with Crippen LogP contribution >= 0.6 is 0 Å². The van der Waals surface area contributed by atoms with Crippen LogP contribution in [0.2, 0.25) is 0 Å². The molecule has 3 nitrogen and oxygen atoms in total. The summed E-state index contributed by atoms with van der Waals surface area (Å²) >= 11 is 0. The average molecular weight is 237 g/mol. The van der Waals surface area contributed by atoms with E-state index in [0.29, 0.717) is 17.7 Å². The van der Waals surface area contributed by atoms with E-state index >= 15 is 0 Å². The molecule has 0 aromatic carbocycles. The summed E-state index contributed by atoms with van der Waals surface area (Å²) in [5, 5.41) is 0. The first-order chi connectivity index (χ1) is 7.25. The molecule has 1 heterocycles. The zero-order valence-corrected chi connectivity index (χ0v) is 9.17. The second-order valence-electron chi connectivity index (χ2n) is 4.21. The molecule has 1 unspecified atom stereocenters. The molecule has 0 aromatic heterocycles. The van der Waals surface area contributed by atoms with Crippen molar-refractivity contribution in [2.75, 3.05) is 6.54 Å². The summed E-state index contributed by atoms with van der Waals surface area (Å²) in [5.74, 6) is -2.55. The quantitative estimate of drug-likeness (QED) is 0.734. The van der Waals surface area contributed by atoms with Crippen LogP contribution in [-0.2, 0) is 9.59 Å². The lowest BCUT2D eigenvalue weighted by Gasteiger charge is -2.25. The van der Waals surface area contributed by atoms with Crippen molar-refractivity contribution in [3.63, 3.8) is 0 Å². The Morgan fingerprint density at radius 2 is 1.88 bits per heavy atom. The maximum absolute atomic E-state index is 12.2. The topological polar surface area (TPSA) is 37.4 Å². The van der Waals surface area contributed by atoms with Gasteiger partial charge < -0.3 is 4.90 Å². The maximum atomic E-state index is 12.2. The summed E-state index contributed by atoms with van der Waals surface area (Å²) in [6.07, 6.45) is -4.11. The number of halogens is 3. The number of carbonyl (C=O) groups excluding carboxylic acids is 2. The zero-order chi connectivity index (χ0) is 12.5. The standard InChI is InChI=1S/C10H14F3NO2/c1-6(2)8(15)7-4-3-5-14(7)9(16)10(11,12)13/h6-7H,3-5H2,1-2H3. The fraction of sp³-hybridized carbons (Fsp3) is 0.800. The van der Waals surface area contributed by atoms with Gasteiger partial charge in [-0.25, -0.2) is 0 Å². The molecule has 1 aliphatic heterocycles. The van der Waals surface area contributed by atoms with Gasteiger partial charge >= 0.3 is 12.1 Å². The fourth-order valence-corrected chi connectivity index (χ4v) is 1.85. The van der Waals surface area contributed by atoms with Crippen molar-refractivity contribution in [1.29, 1.82) is 0 Å². The summed E-state index contributed by atoms with van der Waals surface area (Å²) in [5.41, 5.74) is 0. The predicted molar refractivity (Wildman–Crippen MR) is 50.6 cm³/mol. The molecule has 1 rings (SSSR count). The number of likely N-dealkylation sites (tertiary alicyclic amines) is 1. The van der Waals surface area contributed by atoms with E-state index in [0.717, 1.165) is 0 Å². The third kappa shape index (κ3) is 2.54. The Balaban J connectivity index is 2.81. The van der Waals surface area contributed by atoms with Gasteiger partial charge in [0.15, 0.2) is 5.78 Å². The van der Waals surface area contributed by atoms with Crippen LogP contribution in [0, 0.1) is 5.92 Å². The third-order valence-corrected chi connectivity index (χ3v) is 2.65. The molecular formula is C10H14F3NO2. The Morgan fingerprint density at radius 3 is 2.31 bits per heavy atom. The predicted octanol–water partition coefficient (Wildman–Crippen LogP) is 1.76. The largest absolute Gasteiger partial charge is 0.471 e. The highest BCUT2D eigenvalue weighted by Crippen LogP contribution is 2.27. The maximum Gasteiger partial charge on any atom is 0.471 e. The van der Waals surface area contributed by atoms with Gasteiger partial charge in [0.2, 0.25) is 0 Å². The van der Waals surface area contributed by atoms with Crippen LogP contribution in [0.15, 0.2) is 0 Å². The van der Waals surface area contributed by atoms with Crippen molar-refractivity contribution in [3.05, 3.63) is 0 Å². The summed E-state index contributed by atoms with van der Waals surface area (Å²) in [7, 11) is 0. The Kier molecular flexibility index (Phi) is 3.60. The third-order valence-electron chi connectivity index (χ3n) is 2.65. The van der Waals surface area contributed by atoms with Crippen molar-refractivity contribution in [2.24, 2.45) is 5.92 Å². The molecule has 0 aliphatic carbocycles. The van der Waals surface area contributed by atoms with Gasteiger partial charge in [-0.1, -0.05) is 13.8 Å². The minimum absolute atomic E-state index is 0.0153. The summed E-state index contributed by atoms with van der Waals surface area (Å²) < 4.78 is 36.7. The molecule has 0 aromatic rings. The van der Waals surface area contributed by atoms with Crippen molar-refractivity contribution < 1.29 is 22.8 Å². The molecule has 0 bridgehead atoms. The Bertz CT molecular complexity index is 299. The van der Waals surface area contributed by atoms with E-state index in [1.54, 1.807) is 13.8 Å². The first kappa shape index (κ1) is 13.0. The highest BCUT2D eigenvalue weighted by Gasteiger charge is 2.47. The van der Waals surface area contributed by atoms with Gasteiger partial charge in [0, 0.05) is 12.5 Å². The van der Waals surface area contributed by atoms with Crippen LogP contribution < -0.4 is 0 Å². The highest BCUT2D eigenvalue weighted by atomic mass is 19.4. The number of carbonyl (C=O) groups is 2. The number of hydrogen-bond acceptors (Lipinski definition) is 2. The second-order valence-corrected chi connectivity index (χ2v) is 4.21. The lowest BCUT2D eigenvalue weighted by molar-refractivity contribution is -0.186. The molecule has 0 spiro atoms. The van der Waals surface area contributed by atoms with E-state index in [1.807, 2.05) is 0 Å². The fourth-order valence-electron chi connectivity index (χ4n) is 1.85. The smallest absolute Gasteiger partial charge is 0.325 e. The van der Waals surface area contributed by atoms with Crippen LogP contribution in [0.25, 0.3) is 0 Å². The summed E-state index contributed by atoms with van der Waals surface area (Å²) in [4.78, 5) is 23.3. The molecular weight excluding hydrogens is 223 g/mol. The number of Topliss-reactive ketones (excluding diaryl/α,β-unsaturated/α-hetero) is 1. The van der Waals surface area contributed by atoms with Gasteiger partial charge in [-0.3, -0.25) is 9.59 Å². The Labute approximate surface area is 91.6 Å². The summed E-state index contributed by atoms with van der Waals surface area (Å²) in [6, 6.07) is -0.894. The van der Waals surface area contributed by atoms with Crippen LogP contribution in [0.3, 0.4) is 0 Å². The van der Waals surface area contributed by atoms with Crippen molar-refractivity contribution >= 4 is 11.7 Å². The normalized spacial score (nSPS) is 21.6. The van der Waals surface area contributed by atoms with E-state index in [9.17, 15) is 22.8 Å². The van der Waals surface area contributed by atoms with Crippen LogP contribution in [-0.4, -0.2) is 35.4 Å². The van der Waals surface area contributed by atoms with Gasteiger partial charge in [-0.2, -0.15) is 13.2 Å². The first-order valence-electron chi connectivity index (χ1n) is 5.16.